The molecule has 31 heavy (non-hydrogen) atoms. The van der Waals surface area contributed by atoms with Crippen molar-refractivity contribution in [1.82, 2.24) is 4.90 Å². The smallest absolute Gasteiger partial charge is 0.293 e. The molecule has 0 radical (unpaired) electrons. The average Bonchev–Trinajstić information content (AvgIpc) is 2.96. The van der Waals surface area contributed by atoms with Gasteiger partial charge in [0, 0.05) is 23.3 Å². The summed E-state index contributed by atoms with van der Waals surface area (Å²) in [5, 5.41) is 0.296. The van der Waals surface area contributed by atoms with Crippen LogP contribution in [0.3, 0.4) is 0 Å². The maximum atomic E-state index is 12.9. The van der Waals surface area contributed by atoms with Crippen molar-refractivity contribution >= 4 is 51.8 Å². The van der Waals surface area contributed by atoms with Crippen LogP contribution in [0.15, 0.2) is 47.4 Å². The van der Waals surface area contributed by atoms with Crippen LogP contribution in [0.1, 0.15) is 43.0 Å². The molecule has 1 saturated heterocycles. The summed E-state index contributed by atoms with van der Waals surface area (Å²) in [6.45, 7) is 8.67. The van der Waals surface area contributed by atoms with Crippen molar-refractivity contribution in [1.29, 1.82) is 0 Å². The standard InChI is InChI=1S/C25H25ClN2O2S/c1-15-6-8-17(9-7-15)14-28-23(29)22(31-24(28)30)11-18-10-19-16(2)13-25(3,4)27(5)21(19)12-20(18)26/h6-13H,14H2,1-5H3/b22-11+. The highest BCUT2D eigenvalue weighted by Crippen LogP contribution is 2.42. The van der Waals surface area contributed by atoms with Crippen molar-refractivity contribution in [2.24, 2.45) is 0 Å². The topological polar surface area (TPSA) is 40.6 Å². The Balaban J connectivity index is 1.65. The van der Waals surface area contributed by atoms with Crippen molar-refractivity contribution in [3.8, 4) is 0 Å². The van der Waals surface area contributed by atoms with Crippen LogP contribution in [0, 0.1) is 6.92 Å². The molecule has 4 rings (SSSR count). The fraction of sp³-hybridized carbons (Fsp3) is 0.280. The molecule has 0 N–H and O–H groups in total. The summed E-state index contributed by atoms with van der Waals surface area (Å²) < 4.78 is 0. The normalized spacial score (nSPS) is 19.2. The molecule has 0 bridgehead atoms. The lowest BCUT2D eigenvalue weighted by molar-refractivity contribution is -0.123. The van der Waals surface area contributed by atoms with Gasteiger partial charge in [-0.15, -0.1) is 0 Å². The minimum absolute atomic E-state index is 0.111. The molecule has 6 heteroatoms. The molecule has 2 aliphatic heterocycles. The van der Waals surface area contributed by atoms with E-state index >= 15 is 0 Å². The lowest BCUT2D eigenvalue weighted by Gasteiger charge is -2.40. The average molecular weight is 453 g/mol. The fourth-order valence-electron chi connectivity index (χ4n) is 3.95. The number of fused-ring (bicyclic) bond motifs is 1. The van der Waals surface area contributed by atoms with E-state index in [1.165, 1.54) is 4.90 Å². The van der Waals surface area contributed by atoms with Crippen LogP contribution in [-0.4, -0.2) is 28.6 Å². The summed E-state index contributed by atoms with van der Waals surface area (Å²) in [4.78, 5) is 29.3. The van der Waals surface area contributed by atoms with E-state index in [2.05, 4.69) is 31.7 Å². The quantitative estimate of drug-likeness (QED) is 0.497. The molecule has 1 fully saturated rings. The minimum atomic E-state index is -0.283. The van der Waals surface area contributed by atoms with Gasteiger partial charge < -0.3 is 4.90 Å². The number of anilines is 1. The molecule has 2 aromatic rings. The highest BCUT2D eigenvalue weighted by Gasteiger charge is 2.35. The Bertz CT molecular complexity index is 1150. The van der Waals surface area contributed by atoms with E-state index in [-0.39, 0.29) is 23.2 Å². The van der Waals surface area contributed by atoms with E-state index in [0.717, 1.165) is 45.3 Å². The van der Waals surface area contributed by atoms with Crippen LogP contribution in [0.25, 0.3) is 11.6 Å². The van der Waals surface area contributed by atoms with Gasteiger partial charge in [-0.05, 0) is 74.4 Å². The number of likely N-dealkylation sites (N-methyl/N-ethyl adjacent to an activating group) is 1. The molecule has 2 aromatic carbocycles. The Kier molecular flexibility index (Phi) is 5.52. The first-order valence-electron chi connectivity index (χ1n) is 10.1. The minimum Gasteiger partial charge on any atom is -0.365 e. The zero-order valence-electron chi connectivity index (χ0n) is 18.3. The molecule has 0 aliphatic carbocycles. The Morgan fingerprint density at radius 2 is 1.77 bits per heavy atom. The summed E-state index contributed by atoms with van der Waals surface area (Å²) in [5.74, 6) is -0.283. The van der Waals surface area contributed by atoms with E-state index in [0.29, 0.717) is 9.93 Å². The van der Waals surface area contributed by atoms with E-state index < -0.39 is 0 Å². The van der Waals surface area contributed by atoms with Crippen molar-refractivity contribution < 1.29 is 9.59 Å². The van der Waals surface area contributed by atoms with Gasteiger partial charge in [-0.2, -0.15) is 0 Å². The van der Waals surface area contributed by atoms with Gasteiger partial charge in [0.25, 0.3) is 11.1 Å². The van der Waals surface area contributed by atoms with E-state index in [9.17, 15) is 9.59 Å². The second kappa shape index (κ2) is 7.88. The molecule has 0 saturated carbocycles. The van der Waals surface area contributed by atoms with Gasteiger partial charge in [0.2, 0.25) is 0 Å². The number of allylic oxidation sites excluding steroid dienone is 1. The summed E-state index contributed by atoms with van der Waals surface area (Å²) in [7, 11) is 2.05. The fourth-order valence-corrected chi connectivity index (χ4v) is 4.99. The summed E-state index contributed by atoms with van der Waals surface area (Å²) in [6.07, 6.45) is 3.96. The first-order valence-corrected chi connectivity index (χ1v) is 11.3. The lowest BCUT2D eigenvalue weighted by Crippen LogP contribution is -2.42. The van der Waals surface area contributed by atoms with Crippen molar-refractivity contribution in [3.63, 3.8) is 0 Å². The number of hydrogen-bond donors (Lipinski definition) is 0. The maximum absolute atomic E-state index is 12.9. The van der Waals surface area contributed by atoms with Gasteiger partial charge in [-0.1, -0.05) is 47.5 Å². The number of carbonyl (C=O) groups is 2. The third-order valence-corrected chi connectivity index (χ3v) is 7.19. The van der Waals surface area contributed by atoms with Gasteiger partial charge in [-0.25, -0.2) is 0 Å². The Labute approximate surface area is 192 Å². The van der Waals surface area contributed by atoms with Crippen LogP contribution in [0.4, 0.5) is 10.5 Å². The van der Waals surface area contributed by atoms with E-state index in [4.69, 9.17) is 11.6 Å². The first-order chi connectivity index (χ1) is 14.6. The Hall–Kier alpha value is -2.50. The molecule has 2 heterocycles. The summed E-state index contributed by atoms with van der Waals surface area (Å²) in [6, 6.07) is 11.8. The van der Waals surface area contributed by atoms with Gasteiger partial charge >= 0.3 is 0 Å². The number of carbonyl (C=O) groups excluding carboxylic acids is 2. The molecular weight excluding hydrogens is 428 g/mol. The molecule has 4 nitrogen and oxygen atoms in total. The molecule has 2 aliphatic rings. The zero-order valence-corrected chi connectivity index (χ0v) is 19.9. The SMILES string of the molecule is CC1=CC(C)(C)N(C)c2cc(Cl)c(/C=C3/SC(=O)N(Cc4ccc(C)cc4)C3=O)cc21. The number of aryl methyl sites for hydroxylation is 1. The molecular formula is C25H25ClN2O2S. The molecule has 0 spiro atoms. The zero-order chi connectivity index (χ0) is 22.5. The third kappa shape index (κ3) is 4.04. The predicted molar refractivity (Wildman–Crippen MR) is 130 cm³/mol. The number of rotatable bonds is 3. The van der Waals surface area contributed by atoms with E-state index in [1.807, 2.05) is 50.4 Å². The number of nitrogens with zero attached hydrogens (tertiary/aromatic N) is 2. The summed E-state index contributed by atoms with van der Waals surface area (Å²) >= 11 is 7.56. The number of benzene rings is 2. The van der Waals surface area contributed by atoms with Crippen LogP contribution in [0.5, 0.6) is 0 Å². The van der Waals surface area contributed by atoms with Gasteiger partial charge in [0.1, 0.15) is 0 Å². The van der Waals surface area contributed by atoms with Crippen LogP contribution in [-0.2, 0) is 11.3 Å². The maximum Gasteiger partial charge on any atom is 0.293 e. The largest absolute Gasteiger partial charge is 0.365 e. The van der Waals surface area contributed by atoms with Crippen molar-refractivity contribution in [2.45, 2.75) is 39.8 Å². The highest BCUT2D eigenvalue weighted by atomic mass is 35.5. The molecule has 0 atom stereocenters. The predicted octanol–water partition coefficient (Wildman–Crippen LogP) is 6.52. The van der Waals surface area contributed by atoms with Gasteiger partial charge in [-0.3, -0.25) is 14.5 Å². The second-order valence-electron chi connectivity index (χ2n) is 8.68. The Morgan fingerprint density at radius 3 is 2.45 bits per heavy atom. The van der Waals surface area contributed by atoms with Crippen LogP contribution in [0.2, 0.25) is 5.02 Å². The molecule has 2 amide bonds. The number of halogens is 1. The highest BCUT2D eigenvalue weighted by molar-refractivity contribution is 8.18. The van der Waals surface area contributed by atoms with Crippen molar-refractivity contribution in [3.05, 3.63) is 74.7 Å². The third-order valence-electron chi connectivity index (χ3n) is 5.96. The number of amides is 2. The summed E-state index contributed by atoms with van der Waals surface area (Å²) in [5.41, 5.74) is 5.99. The Morgan fingerprint density at radius 1 is 1.10 bits per heavy atom. The monoisotopic (exact) mass is 452 g/mol. The number of imide groups is 1. The lowest BCUT2D eigenvalue weighted by atomic mass is 9.88. The number of thioether (sulfide) groups is 1. The van der Waals surface area contributed by atoms with E-state index in [1.54, 1.807) is 6.08 Å². The van der Waals surface area contributed by atoms with Gasteiger partial charge in [0.05, 0.1) is 17.0 Å². The molecule has 160 valence electrons. The van der Waals surface area contributed by atoms with Crippen LogP contribution < -0.4 is 4.90 Å². The molecule has 0 unspecified atom stereocenters. The van der Waals surface area contributed by atoms with Gasteiger partial charge in [0.15, 0.2) is 0 Å². The molecule has 0 aromatic heterocycles. The van der Waals surface area contributed by atoms with Crippen molar-refractivity contribution in [2.75, 3.05) is 11.9 Å². The first kappa shape index (κ1) is 21.7. The van der Waals surface area contributed by atoms with Crippen LogP contribution >= 0.6 is 23.4 Å². The number of hydrogen-bond acceptors (Lipinski definition) is 4. The second-order valence-corrected chi connectivity index (χ2v) is 10.1.